The minimum absolute atomic E-state index is 0.0385. The molecule has 6 nitrogen and oxygen atoms in total. The molecule has 2 atom stereocenters. The fourth-order valence-electron chi connectivity index (χ4n) is 4.16. The Morgan fingerprint density at radius 1 is 1.36 bits per heavy atom. The highest BCUT2D eigenvalue weighted by Gasteiger charge is 2.49. The van der Waals surface area contributed by atoms with Gasteiger partial charge in [0.15, 0.2) is 0 Å². The number of likely N-dealkylation sites (tertiary alicyclic amines) is 1. The van der Waals surface area contributed by atoms with Crippen molar-refractivity contribution in [3.05, 3.63) is 44.3 Å². The van der Waals surface area contributed by atoms with Crippen LogP contribution in [0, 0.1) is 0 Å². The second-order valence-corrected chi connectivity index (χ2v) is 9.64. The van der Waals surface area contributed by atoms with Gasteiger partial charge in [-0.1, -0.05) is 23.2 Å². The Hall–Kier alpha value is -1.67. The van der Waals surface area contributed by atoms with Gasteiger partial charge in [0.25, 0.3) is 0 Å². The second kappa shape index (κ2) is 7.30. The van der Waals surface area contributed by atoms with E-state index in [1.165, 1.54) is 11.3 Å². The maximum Gasteiger partial charge on any atom is 0.239 e. The van der Waals surface area contributed by atoms with Gasteiger partial charge >= 0.3 is 0 Å². The Bertz CT molecular complexity index is 948. The first-order valence-electron chi connectivity index (χ1n) is 9.04. The number of carbonyl (C=O) groups excluding carboxylic acids is 2. The number of aromatic nitrogens is 1. The van der Waals surface area contributed by atoms with Crippen LogP contribution in [0.1, 0.15) is 23.9 Å². The molecule has 9 heteroatoms. The van der Waals surface area contributed by atoms with Crippen molar-refractivity contribution in [1.29, 1.82) is 0 Å². The lowest BCUT2D eigenvalue weighted by Crippen LogP contribution is -2.44. The summed E-state index contributed by atoms with van der Waals surface area (Å²) in [5, 5.41) is 1.31. The van der Waals surface area contributed by atoms with E-state index in [1.807, 2.05) is 12.1 Å². The molecule has 0 aliphatic carbocycles. The van der Waals surface area contributed by atoms with E-state index in [0.717, 1.165) is 17.7 Å². The maximum absolute atomic E-state index is 13.1. The Kier molecular flexibility index (Phi) is 5.12. The molecule has 0 bridgehead atoms. The first-order valence-corrected chi connectivity index (χ1v) is 10.6. The molecule has 3 heterocycles. The molecule has 2 amide bonds. The van der Waals surface area contributed by atoms with Crippen molar-refractivity contribution in [3.63, 3.8) is 0 Å². The summed E-state index contributed by atoms with van der Waals surface area (Å²) in [5.74, 6) is -0.105. The highest BCUT2D eigenvalue weighted by Crippen LogP contribution is 2.47. The van der Waals surface area contributed by atoms with Crippen LogP contribution in [0.15, 0.2) is 24.4 Å². The normalized spacial score (nSPS) is 22.0. The Labute approximate surface area is 177 Å². The van der Waals surface area contributed by atoms with Crippen LogP contribution in [0.4, 0.5) is 5.69 Å². The summed E-state index contributed by atoms with van der Waals surface area (Å²) in [7, 11) is 0. The number of rotatable bonds is 3. The zero-order valence-corrected chi connectivity index (χ0v) is 17.7. The molecule has 0 radical (unpaired) electrons. The summed E-state index contributed by atoms with van der Waals surface area (Å²) in [5.41, 5.74) is 7.35. The molecule has 2 aromatic rings. The molecule has 0 saturated carbocycles. The van der Waals surface area contributed by atoms with Gasteiger partial charge in [0, 0.05) is 35.8 Å². The number of nitrogens with two attached hydrogens (primary N) is 1. The minimum atomic E-state index is -0.539. The third-order valence-corrected chi connectivity index (χ3v) is 6.82. The van der Waals surface area contributed by atoms with Crippen LogP contribution in [0.25, 0.3) is 0 Å². The molecular formula is C19H20Cl2N4O2S. The van der Waals surface area contributed by atoms with Gasteiger partial charge < -0.3 is 15.5 Å². The number of fused-ring (bicyclic) bond motifs is 2. The van der Waals surface area contributed by atoms with Crippen LogP contribution < -0.4 is 10.6 Å². The minimum Gasteiger partial charge on any atom is -0.340 e. The Balaban J connectivity index is 1.63. The molecular weight excluding hydrogens is 419 g/mol. The highest BCUT2D eigenvalue weighted by molar-refractivity contribution is 7.15. The zero-order chi connectivity index (χ0) is 20.1. The third-order valence-electron chi connectivity index (χ3n) is 5.47. The number of anilines is 1. The molecule has 1 saturated heterocycles. The van der Waals surface area contributed by atoms with Crippen LogP contribution in [-0.4, -0.2) is 47.4 Å². The fraction of sp³-hybridized carbons (Fsp3) is 0.421. The van der Waals surface area contributed by atoms with E-state index < -0.39 is 6.04 Å². The first-order chi connectivity index (χ1) is 13.3. The second-order valence-electron chi connectivity index (χ2n) is 7.46. The average molecular weight is 439 g/mol. The average Bonchev–Trinajstić information content (AvgIpc) is 3.34. The molecule has 1 aromatic heterocycles. The number of hydrogen-bond donors (Lipinski definition) is 1. The zero-order valence-electron chi connectivity index (χ0n) is 15.3. The topological polar surface area (TPSA) is 79.5 Å². The van der Waals surface area contributed by atoms with Gasteiger partial charge in [0.2, 0.25) is 11.8 Å². The van der Waals surface area contributed by atoms with Crippen molar-refractivity contribution in [3.8, 4) is 0 Å². The monoisotopic (exact) mass is 438 g/mol. The standard InChI is InChI=1S/C19H20Cl2N4O2S/c1-11(22)18(27)24-5-4-19(9-24)10-25(14-3-2-12(20)6-13(14)19)17(26)7-16-23-8-15(21)28-16/h2-3,6,8,11H,4-5,7,9-10,22H2,1H3. The van der Waals surface area contributed by atoms with E-state index in [4.69, 9.17) is 28.9 Å². The lowest BCUT2D eigenvalue weighted by atomic mass is 9.81. The van der Waals surface area contributed by atoms with Crippen molar-refractivity contribution < 1.29 is 9.59 Å². The molecule has 4 rings (SSSR count). The summed E-state index contributed by atoms with van der Waals surface area (Å²) in [6.45, 7) is 3.37. The van der Waals surface area contributed by atoms with Crippen LogP contribution in [-0.2, 0) is 21.4 Å². The molecule has 1 aromatic carbocycles. The van der Waals surface area contributed by atoms with Gasteiger partial charge in [-0.05, 0) is 37.1 Å². The maximum atomic E-state index is 13.1. The lowest BCUT2D eigenvalue weighted by Gasteiger charge is -2.26. The number of amides is 2. The first kappa shape index (κ1) is 19.6. The molecule has 28 heavy (non-hydrogen) atoms. The number of halogens is 2. The number of benzene rings is 1. The molecule has 2 aliphatic rings. The van der Waals surface area contributed by atoms with E-state index in [0.29, 0.717) is 34.0 Å². The van der Waals surface area contributed by atoms with Crippen molar-refractivity contribution in [2.24, 2.45) is 5.73 Å². The summed E-state index contributed by atoms with van der Waals surface area (Å²) < 4.78 is 0.564. The van der Waals surface area contributed by atoms with E-state index in [2.05, 4.69) is 4.98 Å². The number of carbonyl (C=O) groups is 2. The Morgan fingerprint density at radius 2 is 2.14 bits per heavy atom. The molecule has 1 spiro atoms. The van der Waals surface area contributed by atoms with Crippen molar-refractivity contribution in [2.45, 2.75) is 31.2 Å². The van der Waals surface area contributed by atoms with Gasteiger partial charge in [-0.2, -0.15) is 0 Å². The predicted octanol–water partition coefficient (Wildman–Crippen LogP) is 2.86. The summed E-state index contributed by atoms with van der Waals surface area (Å²) in [6, 6.07) is 5.06. The van der Waals surface area contributed by atoms with Crippen molar-refractivity contribution in [1.82, 2.24) is 9.88 Å². The van der Waals surface area contributed by atoms with E-state index in [9.17, 15) is 9.59 Å². The molecule has 2 unspecified atom stereocenters. The third kappa shape index (κ3) is 3.41. The van der Waals surface area contributed by atoms with E-state index in [-0.39, 0.29) is 23.7 Å². The summed E-state index contributed by atoms with van der Waals surface area (Å²) in [6.07, 6.45) is 2.52. The molecule has 1 fully saturated rings. The Morgan fingerprint density at radius 3 is 2.82 bits per heavy atom. The highest BCUT2D eigenvalue weighted by atomic mass is 35.5. The number of thiazole rings is 1. The predicted molar refractivity (Wildman–Crippen MR) is 111 cm³/mol. The summed E-state index contributed by atoms with van der Waals surface area (Å²) >= 11 is 13.5. The van der Waals surface area contributed by atoms with E-state index >= 15 is 0 Å². The quantitative estimate of drug-likeness (QED) is 0.798. The molecule has 2 N–H and O–H groups in total. The molecule has 2 aliphatic heterocycles. The number of hydrogen-bond acceptors (Lipinski definition) is 5. The molecule has 148 valence electrons. The van der Waals surface area contributed by atoms with Crippen LogP contribution in [0.2, 0.25) is 9.36 Å². The summed E-state index contributed by atoms with van der Waals surface area (Å²) in [4.78, 5) is 33.2. The largest absolute Gasteiger partial charge is 0.340 e. The van der Waals surface area contributed by atoms with Crippen molar-refractivity contribution in [2.75, 3.05) is 24.5 Å². The SMILES string of the molecule is CC(N)C(=O)N1CCC2(C1)CN(C(=O)Cc1ncc(Cl)s1)c1ccc(Cl)cc12. The smallest absolute Gasteiger partial charge is 0.239 e. The van der Waals surface area contributed by atoms with Crippen LogP contribution in [0.5, 0.6) is 0 Å². The van der Waals surface area contributed by atoms with Crippen molar-refractivity contribution >= 4 is 52.0 Å². The van der Waals surface area contributed by atoms with E-state index in [1.54, 1.807) is 29.0 Å². The van der Waals surface area contributed by atoms with Gasteiger partial charge in [0.1, 0.15) is 9.34 Å². The van der Waals surface area contributed by atoms with Gasteiger partial charge in [-0.25, -0.2) is 4.98 Å². The van der Waals surface area contributed by atoms with Gasteiger partial charge in [-0.15, -0.1) is 11.3 Å². The van der Waals surface area contributed by atoms with Gasteiger partial charge in [-0.3, -0.25) is 9.59 Å². The number of nitrogens with zero attached hydrogens (tertiary/aromatic N) is 3. The van der Waals surface area contributed by atoms with Crippen LogP contribution in [0.3, 0.4) is 0 Å². The van der Waals surface area contributed by atoms with Crippen LogP contribution >= 0.6 is 34.5 Å². The lowest BCUT2D eigenvalue weighted by molar-refractivity contribution is -0.131. The van der Waals surface area contributed by atoms with Gasteiger partial charge in [0.05, 0.1) is 18.7 Å². The fourth-order valence-corrected chi connectivity index (χ4v) is 5.28.